The smallest absolute Gasteiger partial charge is 0.279 e. The van der Waals surface area contributed by atoms with Crippen molar-refractivity contribution in [3.05, 3.63) is 46.3 Å². The average Bonchev–Trinajstić information content (AvgIpc) is 3.05. The summed E-state index contributed by atoms with van der Waals surface area (Å²) in [5.41, 5.74) is 2.72. The van der Waals surface area contributed by atoms with Crippen molar-refractivity contribution in [3.8, 4) is 17.2 Å². The summed E-state index contributed by atoms with van der Waals surface area (Å²) < 4.78 is 20.2. The van der Waals surface area contributed by atoms with Crippen molar-refractivity contribution in [2.45, 2.75) is 34.1 Å². The molecule has 3 rings (SSSR count). The van der Waals surface area contributed by atoms with Crippen molar-refractivity contribution in [2.75, 3.05) is 19.8 Å². The van der Waals surface area contributed by atoms with E-state index < -0.39 is 0 Å². The van der Waals surface area contributed by atoms with Crippen LogP contribution in [-0.2, 0) is 13.5 Å². The molecule has 7 heteroatoms. The summed E-state index contributed by atoms with van der Waals surface area (Å²) in [6.07, 6.45) is 0.968. The molecule has 0 saturated heterocycles. The van der Waals surface area contributed by atoms with Crippen molar-refractivity contribution >= 4 is 27.5 Å². The predicted octanol–water partition coefficient (Wildman–Crippen LogP) is 4.74. The van der Waals surface area contributed by atoms with Crippen LogP contribution in [-0.4, -0.2) is 30.3 Å². The van der Waals surface area contributed by atoms with Crippen LogP contribution < -0.4 is 19.0 Å². The van der Waals surface area contributed by atoms with Gasteiger partial charge in [-0.3, -0.25) is 4.79 Å². The first-order valence-corrected chi connectivity index (χ1v) is 11.1. The van der Waals surface area contributed by atoms with Crippen LogP contribution in [0.1, 0.15) is 43.6 Å². The third-order valence-corrected chi connectivity index (χ3v) is 5.73. The molecule has 0 fully saturated rings. The van der Waals surface area contributed by atoms with Gasteiger partial charge in [0.05, 0.1) is 30.0 Å². The maximum Gasteiger partial charge on any atom is 0.279 e. The summed E-state index contributed by atoms with van der Waals surface area (Å²) in [5, 5.41) is 0. The minimum absolute atomic E-state index is 0.349. The molecule has 0 radical (unpaired) electrons. The molecule has 0 spiro atoms. The molecule has 0 saturated carbocycles. The quantitative estimate of drug-likeness (QED) is 0.520. The lowest BCUT2D eigenvalue weighted by molar-refractivity contribution is 0.0997. The number of fused-ring (bicyclic) bond motifs is 1. The number of carbonyl (C=O) groups is 1. The Hall–Kier alpha value is -2.80. The highest BCUT2D eigenvalue weighted by molar-refractivity contribution is 7.16. The number of ether oxygens (including phenoxy) is 3. The lowest BCUT2D eigenvalue weighted by Crippen LogP contribution is -2.13. The minimum atomic E-state index is -0.349. The van der Waals surface area contributed by atoms with Gasteiger partial charge in [-0.25, -0.2) is 0 Å². The van der Waals surface area contributed by atoms with E-state index in [1.54, 1.807) is 12.1 Å². The van der Waals surface area contributed by atoms with Crippen LogP contribution in [0.2, 0.25) is 0 Å². The Morgan fingerprint density at radius 3 is 2.17 bits per heavy atom. The number of thiazole rings is 1. The second kappa shape index (κ2) is 9.80. The van der Waals surface area contributed by atoms with Gasteiger partial charge in [-0.05, 0) is 57.0 Å². The second-order valence-corrected chi connectivity index (χ2v) is 7.63. The van der Waals surface area contributed by atoms with Gasteiger partial charge in [-0.15, -0.1) is 0 Å². The molecule has 0 aliphatic rings. The van der Waals surface area contributed by atoms with Gasteiger partial charge < -0.3 is 18.8 Å². The van der Waals surface area contributed by atoms with Crippen molar-refractivity contribution in [1.82, 2.24) is 4.57 Å². The molecule has 1 heterocycles. The number of rotatable bonds is 8. The van der Waals surface area contributed by atoms with Gasteiger partial charge in [0.1, 0.15) is 0 Å². The zero-order chi connectivity index (χ0) is 21.7. The van der Waals surface area contributed by atoms with Crippen LogP contribution >= 0.6 is 11.3 Å². The third kappa shape index (κ3) is 4.51. The lowest BCUT2D eigenvalue weighted by atomic mass is 10.1. The molecule has 0 unspecified atom stereocenters. The van der Waals surface area contributed by atoms with E-state index in [1.165, 1.54) is 16.9 Å². The number of carbonyl (C=O) groups excluding carboxylic acids is 1. The van der Waals surface area contributed by atoms with E-state index in [9.17, 15) is 4.79 Å². The molecule has 30 heavy (non-hydrogen) atoms. The van der Waals surface area contributed by atoms with E-state index in [0.717, 1.165) is 16.6 Å². The molecule has 0 atom stereocenters. The summed E-state index contributed by atoms with van der Waals surface area (Å²) in [7, 11) is 1.92. The zero-order valence-corrected chi connectivity index (χ0v) is 19.0. The topological polar surface area (TPSA) is 62.0 Å². The van der Waals surface area contributed by atoms with Crippen LogP contribution in [0.4, 0.5) is 0 Å². The molecule has 0 aliphatic heterocycles. The first-order valence-electron chi connectivity index (χ1n) is 10.3. The monoisotopic (exact) mass is 428 g/mol. The molecule has 6 nitrogen and oxygen atoms in total. The first-order chi connectivity index (χ1) is 14.5. The second-order valence-electron chi connectivity index (χ2n) is 6.62. The molecule has 2 aromatic carbocycles. The molecule has 1 amide bonds. The van der Waals surface area contributed by atoms with Crippen molar-refractivity contribution < 1.29 is 19.0 Å². The van der Waals surface area contributed by atoms with Crippen molar-refractivity contribution in [2.24, 2.45) is 12.0 Å². The SMILES string of the molecule is CCOc1cc(C(=O)N=c2sc3cc(CC)ccc3n2C)cc(OCC)c1OCC. The van der Waals surface area contributed by atoms with Gasteiger partial charge in [0.2, 0.25) is 5.75 Å². The van der Waals surface area contributed by atoms with Crippen molar-refractivity contribution in [1.29, 1.82) is 0 Å². The summed E-state index contributed by atoms with van der Waals surface area (Å²) in [5.74, 6) is 1.13. The number of nitrogens with zero attached hydrogens (tertiary/aromatic N) is 2. The zero-order valence-electron chi connectivity index (χ0n) is 18.2. The fraction of sp³-hybridized carbons (Fsp3) is 0.391. The van der Waals surface area contributed by atoms with E-state index in [2.05, 4.69) is 30.1 Å². The molecular weight excluding hydrogens is 400 g/mol. The predicted molar refractivity (Wildman–Crippen MR) is 120 cm³/mol. The largest absolute Gasteiger partial charge is 0.490 e. The van der Waals surface area contributed by atoms with Crippen LogP contribution in [0.3, 0.4) is 0 Å². The number of aryl methyl sites for hydroxylation is 2. The number of hydrogen-bond donors (Lipinski definition) is 0. The maximum absolute atomic E-state index is 13.0. The summed E-state index contributed by atoms with van der Waals surface area (Å²) in [6, 6.07) is 9.68. The van der Waals surface area contributed by atoms with Gasteiger partial charge in [0, 0.05) is 12.6 Å². The standard InChI is InChI=1S/C23H28N2O4S/c1-6-15-10-11-17-20(12-15)30-23(25(17)5)24-22(26)16-13-18(27-7-2)21(29-9-4)19(14-16)28-8-3/h10-14H,6-9H2,1-5H3. The highest BCUT2D eigenvalue weighted by atomic mass is 32.1. The Labute approximate surface area is 180 Å². The van der Waals surface area contributed by atoms with E-state index in [4.69, 9.17) is 14.2 Å². The Kier molecular flexibility index (Phi) is 7.15. The van der Waals surface area contributed by atoms with Gasteiger partial charge in [-0.1, -0.05) is 24.3 Å². The number of amides is 1. The van der Waals surface area contributed by atoms with Crippen LogP contribution in [0, 0.1) is 0 Å². The van der Waals surface area contributed by atoms with Crippen LogP contribution in [0.15, 0.2) is 35.3 Å². The minimum Gasteiger partial charge on any atom is -0.490 e. The van der Waals surface area contributed by atoms with E-state index in [1.807, 2.05) is 32.4 Å². The normalized spacial score (nSPS) is 11.7. The molecule has 0 bridgehead atoms. The summed E-state index contributed by atoms with van der Waals surface area (Å²) >= 11 is 1.50. The molecule has 0 aliphatic carbocycles. The van der Waals surface area contributed by atoms with E-state index >= 15 is 0 Å². The summed E-state index contributed by atoms with van der Waals surface area (Å²) in [6.45, 7) is 9.16. The van der Waals surface area contributed by atoms with Gasteiger partial charge in [-0.2, -0.15) is 4.99 Å². The Balaban J connectivity index is 2.08. The lowest BCUT2D eigenvalue weighted by Gasteiger charge is -2.16. The highest BCUT2D eigenvalue weighted by Crippen LogP contribution is 2.39. The van der Waals surface area contributed by atoms with E-state index in [0.29, 0.717) is 47.4 Å². The molecule has 1 aromatic heterocycles. The number of hydrogen-bond acceptors (Lipinski definition) is 5. The van der Waals surface area contributed by atoms with Gasteiger partial charge in [0.15, 0.2) is 16.3 Å². The van der Waals surface area contributed by atoms with Crippen LogP contribution in [0.25, 0.3) is 10.2 Å². The van der Waals surface area contributed by atoms with Gasteiger partial charge in [0.25, 0.3) is 5.91 Å². The number of benzene rings is 2. The van der Waals surface area contributed by atoms with Crippen molar-refractivity contribution in [3.63, 3.8) is 0 Å². The molecule has 0 N–H and O–H groups in total. The maximum atomic E-state index is 13.0. The van der Waals surface area contributed by atoms with E-state index in [-0.39, 0.29) is 5.91 Å². The first kappa shape index (κ1) is 21.9. The summed E-state index contributed by atoms with van der Waals surface area (Å²) in [4.78, 5) is 18.1. The fourth-order valence-electron chi connectivity index (χ4n) is 3.17. The average molecular weight is 429 g/mol. The molecule has 160 valence electrons. The Morgan fingerprint density at radius 1 is 0.967 bits per heavy atom. The third-order valence-electron chi connectivity index (χ3n) is 4.64. The molecular formula is C23H28N2O4S. The Bertz CT molecular complexity index is 1090. The highest BCUT2D eigenvalue weighted by Gasteiger charge is 2.18. The van der Waals surface area contributed by atoms with Crippen LogP contribution in [0.5, 0.6) is 17.2 Å². The fourth-order valence-corrected chi connectivity index (χ4v) is 4.25. The Morgan fingerprint density at radius 2 is 1.60 bits per heavy atom. The molecule has 3 aromatic rings. The number of aromatic nitrogens is 1. The van der Waals surface area contributed by atoms with Gasteiger partial charge >= 0.3 is 0 Å².